The fourth-order valence-electron chi connectivity index (χ4n) is 3.80. The molecule has 2 unspecified atom stereocenters. The molecule has 2 heterocycles. The molecule has 0 saturated carbocycles. The van der Waals surface area contributed by atoms with Crippen molar-refractivity contribution in [3.05, 3.63) is 47.8 Å². The van der Waals surface area contributed by atoms with E-state index in [9.17, 15) is 4.79 Å². The van der Waals surface area contributed by atoms with Gasteiger partial charge in [-0.2, -0.15) is 5.10 Å². The van der Waals surface area contributed by atoms with Crippen molar-refractivity contribution in [2.75, 3.05) is 6.54 Å². The molecule has 3 rings (SSSR count). The van der Waals surface area contributed by atoms with Crippen LogP contribution in [0.5, 0.6) is 0 Å². The highest BCUT2D eigenvalue weighted by atomic mass is 16.6. The number of likely N-dealkylation sites (tertiary alicyclic amines) is 1. The van der Waals surface area contributed by atoms with Crippen molar-refractivity contribution >= 4 is 6.09 Å². The summed E-state index contributed by atoms with van der Waals surface area (Å²) in [5, 5.41) is 4.59. The number of ether oxygens (including phenoxy) is 1. The number of para-hydroxylation sites is 1. The van der Waals surface area contributed by atoms with Crippen molar-refractivity contribution in [1.29, 1.82) is 0 Å². The first-order chi connectivity index (χ1) is 12.8. The predicted molar refractivity (Wildman–Crippen MR) is 107 cm³/mol. The maximum atomic E-state index is 12.5. The Morgan fingerprint density at radius 1 is 1.30 bits per heavy atom. The van der Waals surface area contributed by atoms with Gasteiger partial charge in [-0.05, 0) is 70.1 Å². The average molecular weight is 370 g/mol. The molecule has 0 N–H and O–H groups in total. The van der Waals surface area contributed by atoms with E-state index in [-0.39, 0.29) is 12.1 Å². The first-order valence-electron chi connectivity index (χ1n) is 9.88. The number of carbonyl (C=O) groups is 1. The zero-order valence-electron chi connectivity index (χ0n) is 17.1. The molecule has 1 aliphatic rings. The summed E-state index contributed by atoms with van der Waals surface area (Å²) in [5.41, 5.74) is 3.11. The summed E-state index contributed by atoms with van der Waals surface area (Å²) >= 11 is 0. The van der Waals surface area contributed by atoms with Crippen LogP contribution in [0.2, 0.25) is 0 Å². The van der Waals surface area contributed by atoms with E-state index in [2.05, 4.69) is 37.3 Å². The van der Waals surface area contributed by atoms with Crippen molar-refractivity contribution in [2.24, 2.45) is 0 Å². The average Bonchev–Trinajstić information content (AvgIpc) is 3.10. The molecule has 0 radical (unpaired) electrons. The molecule has 2 aromatic rings. The SMILES string of the molecule is CCC1CC(c2cnn(-c3ccccc3C)c2)CCN1C(=O)OC(C)(C)C. The topological polar surface area (TPSA) is 47.4 Å². The van der Waals surface area contributed by atoms with Gasteiger partial charge < -0.3 is 9.64 Å². The Bertz CT molecular complexity index is 791. The van der Waals surface area contributed by atoms with Crippen molar-refractivity contribution < 1.29 is 9.53 Å². The molecule has 1 aromatic carbocycles. The van der Waals surface area contributed by atoms with Gasteiger partial charge in [0.25, 0.3) is 0 Å². The molecule has 5 heteroatoms. The molecule has 0 spiro atoms. The van der Waals surface area contributed by atoms with Crippen LogP contribution in [0.3, 0.4) is 0 Å². The lowest BCUT2D eigenvalue weighted by atomic mass is 9.86. The van der Waals surface area contributed by atoms with Crippen LogP contribution in [0.1, 0.15) is 64.0 Å². The molecule has 27 heavy (non-hydrogen) atoms. The fourth-order valence-corrected chi connectivity index (χ4v) is 3.80. The van der Waals surface area contributed by atoms with E-state index in [4.69, 9.17) is 4.74 Å². The van der Waals surface area contributed by atoms with Gasteiger partial charge in [0.2, 0.25) is 0 Å². The molecule has 1 saturated heterocycles. The summed E-state index contributed by atoms with van der Waals surface area (Å²) in [6.07, 6.45) is 6.76. The highest BCUT2D eigenvalue weighted by Gasteiger charge is 2.34. The van der Waals surface area contributed by atoms with Crippen LogP contribution < -0.4 is 0 Å². The third kappa shape index (κ3) is 4.52. The van der Waals surface area contributed by atoms with Crippen LogP contribution in [0.4, 0.5) is 4.79 Å². The van der Waals surface area contributed by atoms with E-state index in [1.807, 2.05) is 48.7 Å². The maximum absolute atomic E-state index is 12.5. The molecule has 0 bridgehead atoms. The van der Waals surface area contributed by atoms with E-state index in [1.165, 1.54) is 11.1 Å². The van der Waals surface area contributed by atoms with Gasteiger partial charge in [-0.1, -0.05) is 25.1 Å². The summed E-state index contributed by atoms with van der Waals surface area (Å²) in [6, 6.07) is 8.48. The van der Waals surface area contributed by atoms with Crippen LogP contribution in [-0.2, 0) is 4.74 Å². The first kappa shape index (κ1) is 19.5. The molecule has 1 fully saturated rings. The largest absolute Gasteiger partial charge is 0.444 e. The van der Waals surface area contributed by atoms with Crippen molar-refractivity contribution in [1.82, 2.24) is 14.7 Å². The van der Waals surface area contributed by atoms with Gasteiger partial charge in [-0.25, -0.2) is 9.48 Å². The number of hydrogen-bond acceptors (Lipinski definition) is 3. The van der Waals surface area contributed by atoms with Crippen LogP contribution in [0.15, 0.2) is 36.7 Å². The Balaban J connectivity index is 1.72. The zero-order chi connectivity index (χ0) is 19.6. The first-order valence-corrected chi connectivity index (χ1v) is 9.88. The molecular weight excluding hydrogens is 338 g/mol. The third-order valence-corrected chi connectivity index (χ3v) is 5.25. The fraction of sp³-hybridized carbons (Fsp3) is 0.545. The maximum Gasteiger partial charge on any atom is 0.410 e. The number of amides is 1. The van der Waals surface area contributed by atoms with Gasteiger partial charge >= 0.3 is 6.09 Å². The molecule has 1 aliphatic heterocycles. The highest BCUT2D eigenvalue weighted by molar-refractivity contribution is 5.68. The number of aromatic nitrogens is 2. The quantitative estimate of drug-likeness (QED) is 0.758. The molecule has 1 aromatic heterocycles. The smallest absolute Gasteiger partial charge is 0.410 e. The van der Waals surface area contributed by atoms with Crippen molar-refractivity contribution in [3.8, 4) is 5.69 Å². The second-order valence-electron chi connectivity index (χ2n) is 8.46. The van der Waals surface area contributed by atoms with Crippen molar-refractivity contribution in [2.45, 2.75) is 71.4 Å². The Hall–Kier alpha value is -2.30. The molecular formula is C22H31N3O2. The number of benzene rings is 1. The summed E-state index contributed by atoms with van der Waals surface area (Å²) in [7, 11) is 0. The predicted octanol–water partition coefficient (Wildman–Crippen LogP) is 5.07. The van der Waals surface area contributed by atoms with E-state index in [0.717, 1.165) is 31.5 Å². The summed E-state index contributed by atoms with van der Waals surface area (Å²) in [5.74, 6) is 0.423. The van der Waals surface area contributed by atoms with Crippen LogP contribution >= 0.6 is 0 Å². The Kier molecular flexibility index (Phi) is 5.59. The molecule has 2 atom stereocenters. The summed E-state index contributed by atoms with van der Waals surface area (Å²) in [4.78, 5) is 14.5. The minimum absolute atomic E-state index is 0.191. The number of carbonyl (C=O) groups excluding carboxylic acids is 1. The normalized spacial score (nSPS) is 20.6. The number of hydrogen-bond donors (Lipinski definition) is 0. The summed E-state index contributed by atoms with van der Waals surface area (Å²) < 4.78 is 7.56. The number of rotatable bonds is 3. The monoisotopic (exact) mass is 369 g/mol. The van der Waals surface area contributed by atoms with Crippen LogP contribution in [-0.4, -0.2) is 39.0 Å². The summed E-state index contributed by atoms with van der Waals surface area (Å²) in [6.45, 7) is 10.7. The highest BCUT2D eigenvalue weighted by Crippen LogP contribution is 2.34. The molecule has 146 valence electrons. The van der Waals surface area contributed by atoms with Crippen LogP contribution in [0.25, 0.3) is 5.69 Å². The molecule has 0 aliphatic carbocycles. The van der Waals surface area contributed by atoms with Gasteiger partial charge in [0.05, 0.1) is 11.9 Å². The van der Waals surface area contributed by atoms with Gasteiger partial charge in [0.15, 0.2) is 0 Å². The van der Waals surface area contributed by atoms with Gasteiger partial charge in [-0.15, -0.1) is 0 Å². The minimum Gasteiger partial charge on any atom is -0.444 e. The van der Waals surface area contributed by atoms with E-state index >= 15 is 0 Å². The van der Waals surface area contributed by atoms with E-state index in [0.29, 0.717) is 5.92 Å². The van der Waals surface area contributed by atoms with Gasteiger partial charge in [0, 0.05) is 18.8 Å². The zero-order valence-corrected chi connectivity index (χ0v) is 17.1. The second-order valence-corrected chi connectivity index (χ2v) is 8.46. The standard InChI is InChI=1S/C22H31N3O2/c1-6-19-13-17(11-12-24(19)21(26)27-22(3,4)5)18-14-23-25(15-18)20-10-8-7-9-16(20)2/h7-10,14-15,17,19H,6,11-13H2,1-5H3. The lowest BCUT2D eigenvalue weighted by molar-refractivity contribution is 0.00757. The van der Waals surface area contributed by atoms with Crippen LogP contribution in [0, 0.1) is 6.92 Å². The number of nitrogens with zero attached hydrogens (tertiary/aromatic N) is 3. The lowest BCUT2D eigenvalue weighted by Gasteiger charge is -2.39. The second kappa shape index (κ2) is 7.75. The number of piperidine rings is 1. The molecule has 5 nitrogen and oxygen atoms in total. The Morgan fingerprint density at radius 3 is 2.70 bits per heavy atom. The van der Waals surface area contributed by atoms with Gasteiger partial charge in [-0.3, -0.25) is 0 Å². The van der Waals surface area contributed by atoms with Gasteiger partial charge in [0.1, 0.15) is 5.60 Å². The Morgan fingerprint density at radius 2 is 2.04 bits per heavy atom. The van der Waals surface area contributed by atoms with E-state index < -0.39 is 5.60 Å². The van der Waals surface area contributed by atoms with Crippen molar-refractivity contribution in [3.63, 3.8) is 0 Å². The van der Waals surface area contributed by atoms with E-state index in [1.54, 1.807) is 0 Å². The lowest BCUT2D eigenvalue weighted by Crippen LogP contribution is -2.47. The minimum atomic E-state index is -0.457. The molecule has 1 amide bonds. The number of aryl methyl sites for hydroxylation is 1. The Labute approximate surface area is 162 Å². The third-order valence-electron chi connectivity index (χ3n) is 5.25.